The minimum atomic E-state index is -3.07. The second-order valence-corrected chi connectivity index (χ2v) is 7.91. The van der Waals surface area contributed by atoms with Gasteiger partial charge in [-0.1, -0.05) is 5.21 Å². The van der Waals surface area contributed by atoms with Crippen molar-refractivity contribution in [2.24, 2.45) is 5.92 Å². The maximum atomic E-state index is 12.3. The van der Waals surface area contributed by atoms with Crippen LogP contribution >= 0.6 is 0 Å². The number of hydrogen-bond acceptors (Lipinski definition) is 5. The lowest BCUT2D eigenvalue weighted by Gasteiger charge is -2.31. The summed E-state index contributed by atoms with van der Waals surface area (Å²) in [5.74, 6) is 0.269. The van der Waals surface area contributed by atoms with Crippen molar-refractivity contribution in [1.29, 1.82) is 0 Å². The zero-order chi connectivity index (χ0) is 14.2. The van der Waals surface area contributed by atoms with E-state index in [-0.39, 0.29) is 17.8 Å². The molecule has 0 unspecified atom stereocenters. The minimum absolute atomic E-state index is 0.118. The summed E-state index contributed by atoms with van der Waals surface area (Å²) in [6.45, 7) is 1.76. The Labute approximate surface area is 118 Å². The molecule has 1 aliphatic heterocycles. The predicted molar refractivity (Wildman–Crippen MR) is 72.2 cm³/mol. The van der Waals surface area contributed by atoms with Crippen LogP contribution in [0.3, 0.4) is 0 Å². The van der Waals surface area contributed by atoms with E-state index < -0.39 is 10.0 Å². The lowest BCUT2D eigenvalue weighted by Crippen LogP contribution is -2.42. The highest BCUT2D eigenvalue weighted by Crippen LogP contribution is 2.33. The molecule has 20 heavy (non-hydrogen) atoms. The summed E-state index contributed by atoms with van der Waals surface area (Å²) in [6, 6.07) is 0. The van der Waals surface area contributed by atoms with Crippen molar-refractivity contribution in [3.8, 4) is 0 Å². The van der Waals surface area contributed by atoms with Crippen LogP contribution in [0.1, 0.15) is 31.4 Å². The number of piperidine rings is 1. The summed E-state index contributed by atoms with van der Waals surface area (Å²) in [5.41, 5.74) is 0.545. The van der Waals surface area contributed by atoms with Crippen LogP contribution < -0.4 is 0 Å². The van der Waals surface area contributed by atoms with Gasteiger partial charge in [0.2, 0.25) is 10.0 Å². The van der Waals surface area contributed by atoms with Gasteiger partial charge in [-0.3, -0.25) is 4.68 Å². The van der Waals surface area contributed by atoms with Crippen molar-refractivity contribution >= 4 is 10.0 Å². The van der Waals surface area contributed by atoms with Gasteiger partial charge in [-0.25, -0.2) is 12.7 Å². The Kier molecular flexibility index (Phi) is 3.78. The first-order valence-corrected chi connectivity index (χ1v) is 8.59. The average molecular weight is 300 g/mol. The van der Waals surface area contributed by atoms with Crippen LogP contribution in [0, 0.1) is 5.92 Å². The molecular weight excluding hydrogens is 280 g/mol. The molecular formula is C12H20N4O3S. The van der Waals surface area contributed by atoms with Crippen molar-refractivity contribution in [3.63, 3.8) is 0 Å². The molecule has 0 aromatic carbocycles. The maximum absolute atomic E-state index is 12.3. The lowest BCUT2D eigenvalue weighted by atomic mass is 10.00. The number of aliphatic hydroxyl groups excluding tert-OH is 1. The van der Waals surface area contributed by atoms with Gasteiger partial charge in [-0.2, -0.15) is 0 Å². The third kappa shape index (κ3) is 2.87. The molecule has 112 valence electrons. The largest absolute Gasteiger partial charge is 0.390 e. The monoisotopic (exact) mass is 300 g/mol. The fourth-order valence-electron chi connectivity index (χ4n) is 2.75. The Morgan fingerprint density at radius 1 is 1.35 bits per heavy atom. The molecule has 3 rings (SSSR count). The molecule has 2 aliphatic rings. The molecule has 2 heterocycles. The topological polar surface area (TPSA) is 88.3 Å². The Hall–Kier alpha value is -0.990. The fraction of sp³-hybridized carbons (Fsp3) is 0.833. The number of nitrogens with zero attached hydrogens (tertiary/aromatic N) is 4. The summed E-state index contributed by atoms with van der Waals surface area (Å²) < 4.78 is 27.9. The standard InChI is InChI=1S/C12H20N4O3S/c17-9-11-8-15(14-13-11)6-10-2-1-5-16(7-10)20(18,19)12-3-4-12/h8,10,12,17H,1-7,9H2/t10-/m1/s1. The maximum Gasteiger partial charge on any atom is 0.216 e. The molecule has 1 aromatic heterocycles. The quantitative estimate of drug-likeness (QED) is 0.825. The van der Waals surface area contributed by atoms with Crippen LogP contribution in [0.4, 0.5) is 0 Å². The Morgan fingerprint density at radius 3 is 2.80 bits per heavy atom. The van der Waals surface area contributed by atoms with Gasteiger partial charge in [0.05, 0.1) is 18.1 Å². The predicted octanol–water partition coefficient (Wildman–Crippen LogP) is -0.0254. The molecule has 1 atom stereocenters. The first kappa shape index (κ1) is 14.0. The van der Waals surface area contributed by atoms with E-state index in [1.807, 2.05) is 0 Å². The molecule has 0 amide bonds. The van der Waals surface area contributed by atoms with Gasteiger partial charge in [-0.05, 0) is 31.6 Å². The third-order valence-corrected chi connectivity index (χ3v) is 6.35. The fourth-order valence-corrected chi connectivity index (χ4v) is 4.70. The van der Waals surface area contributed by atoms with E-state index in [1.54, 1.807) is 15.2 Å². The summed E-state index contributed by atoms with van der Waals surface area (Å²) in [7, 11) is -3.07. The van der Waals surface area contributed by atoms with Gasteiger partial charge in [0.15, 0.2) is 0 Å². The summed E-state index contributed by atoms with van der Waals surface area (Å²) in [4.78, 5) is 0. The van der Waals surface area contributed by atoms with Crippen LogP contribution in [-0.4, -0.2) is 51.2 Å². The molecule has 0 bridgehead atoms. The summed E-state index contributed by atoms with van der Waals surface area (Å²) >= 11 is 0. The van der Waals surface area contributed by atoms with Gasteiger partial charge in [-0.15, -0.1) is 5.10 Å². The molecule has 0 radical (unpaired) electrons. The lowest BCUT2D eigenvalue weighted by molar-refractivity contribution is 0.238. The van der Waals surface area contributed by atoms with Crippen LogP contribution in [0.15, 0.2) is 6.20 Å². The molecule has 2 fully saturated rings. The highest BCUT2D eigenvalue weighted by Gasteiger charge is 2.41. The Bertz CT molecular complexity index is 567. The molecule has 8 heteroatoms. The Balaban J connectivity index is 1.63. The van der Waals surface area contributed by atoms with E-state index in [0.717, 1.165) is 25.7 Å². The number of aromatic nitrogens is 3. The van der Waals surface area contributed by atoms with Crippen molar-refractivity contribution in [2.45, 2.75) is 44.1 Å². The van der Waals surface area contributed by atoms with E-state index in [4.69, 9.17) is 5.11 Å². The number of sulfonamides is 1. The number of rotatable bonds is 5. The Morgan fingerprint density at radius 2 is 2.15 bits per heavy atom. The van der Waals surface area contributed by atoms with Crippen LogP contribution in [0.5, 0.6) is 0 Å². The molecule has 1 saturated carbocycles. The second-order valence-electron chi connectivity index (χ2n) is 5.70. The van der Waals surface area contributed by atoms with Crippen LogP contribution in [0.25, 0.3) is 0 Å². The van der Waals surface area contributed by atoms with Crippen molar-refractivity contribution in [2.75, 3.05) is 13.1 Å². The van der Waals surface area contributed by atoms with E-state index in [9.17, 15) is 8.42 Å². The number of hydrogen-bond donors (Lipinski definition) is 1. The third-order valence-electron chi connectivity index (χ3n) is 3.98. The molecule has 0 spiro atoms. The van der Waals surface area contributed by atoms with Crippen molar-refractivity contribution in [1.82, 2.24) is 19.3 Å². The SMILES string of the molecule is O=S(=O)(C1CC1)N1CCC[C@H](Cn2cc(CO)nn2)C1. The molecule has 1 aliphatic carbocycles. The average Bonchev–Trinajstić information content (AvgIpc) is 3.21. The van der Waals surface area contributed by atoms with Crippen molar-refractivity contribution < 1.29 is 13.5 Å². The number of aliphatic hydroxyl groups is 1. The van der Waals surface area contributed by atoms with Gasteiger partial charge in [0.25, 0.3) is 0 Å². The van der Waals surface area contributed by atoms with Crippen LogP contribution in [0.2, 0.25) is 0 Å². The zero-order valence-electron chi connectivity index (χ0n) is 11.3. The highest BCUT2D eigenvalue weighted by atomic mass is 32.2. The first-order chi connectivity index (χ1) is 9.59. The van der Waals surface area contributed by atoms with Gasteiger partial charge >= 0.3 is 0 Å². The molecule has 7 nitrogen and oxygen atoms in total. The zero-order valence-corrected chi connectivity index (χ0v) is 12.2. The summed E-state index contributed by atoms with van der Waals surface area (Å²) in [6.07, 6.45) is 5.25. The van der Waals surface area contributed by atoms with Crippen molar-refractivity contribution in [3.05, 3.63) is 11.9 Å². The van der Waals surface area contributed by atoms with Gasteiger partial charge < -0.3 is 5.11 Å². The molecule has 1 N–H and O–H groups in total. The minimum Gasteiger partial charge on any atom is -0.390 e. The normalized spacial score (nSPS) is 24.9. The second kappa shape index (κ2) is 5.42. The highest BCUT2D eigenvalue weighted by molar-refractivity contribution is 7.90. The summed E-state index contributed by atoms with van der Waals surface area (Å²) in [5, 5.41) is 16.6. The van der Waals surface area contributed by atoms with Gasteiger partial charge in [0, 0.05) is 19.6 Å². The van der Waals surface area contributed by atoms with E-state index in [0.29, 0.717) is 25.3 Å². The molecule has 1 aromatic rings. The van der Waals surface area contributed by atoms with Crippen LogP contribution in [-0.2, 0) is 23.2 Å². The van der Waals surface area contributed by atoms with Gasteiger partial charge in [0.1, 0.15) is 5.69 Å². The first-order valence-electron chi connectivity index (χ1n) is 7.08. The molecule has 1 saturated heterocycles. The van der Waals surface area contributed by atoms with E-state index >= 15 is 0 Å². The smallest absolute Gasteiger partial charge is 0.216 e. The van der Waals surface area contributed by atoms with E-state index in [1.165, 1.54) is 0 Å². The van der Waals surface area contributed by atoms with E-state index in [2.05, 4.69) is 10.3 Å².